The first-order valence-electron chi connectivity index (χ1n) is 9.22. The van der Waals surface area contributed by atoms with Crippen molar-refractivity contribution in [2.75, 3.05) is 31.1 Å². The number of rotatable bonds is 4. The smallest absolute Gasteiger partial charge is 0.155 e. The standard InChI is InChI=1S/C20H26BrFN4/c1-5-12(2)14(4)24-19-13(3)15-10-16(21)17(22)11-18(15)25-20(19)26-8-6-23-7-9-26/h10-12,23H,5-9H2,1-4H3. The molecule has 6 heteroatoms. The van der Waals surface area contributed by atoms with Crippen molar-refractivity contribution in [1.82, 2.24) is 10.3 Å². The molecule has 0 radical (unpaired) electrons. The van der Waals surface area contributed by atoms with Gasteiger partial charge in [0, 0.05) is 43.3 Å². The molecule has 1 unspecified atom stereocenters. The van der Waals surface area contributed by atoms with Crippen LogP contribution in [0.25, 0.3) is 10.9 Å². The molecule has 0 bridgehead atoms. The summed E-state index contributed by atoms with van der Waals surface area (Å²) in [5.74, 6) is 0.990. The Balaban J connectivity index is 2.23. The molecule has 1 fully saturated rings. The Bertz CT molecular complexity index is 844. The van der Waals surface area contributed by atoms with Crippen LogP contribution >= 0.6 is 15.9 Å². The van der Waals surface area contributed by atoms with Gasteiger partial charge in [0.25, 0.3) is 0 Å². The van der Waals surface area contributed by atoms with Crippen LogP contribution in [-0.2, 0) is 0 Å². The Morgan fingerprint density at radius 2 is 2.08 bits per heavy atom. The van der Waals surface area contributed by atoms with Gasteiger partial charge in [-0.05, 0) is 53.7 Å². The van der Waals surface area contributed by atoms with Crippen molar-refractivity contribution in [2.45, 2.75) is 34.1 Å². The van der Waals surface area contributed by atoms with Crippen molar-refractivity contribution >= 4 is 44.0 Å². The average Bonchev–Trinajstić information content (AvgIpc) is 2.65. The number of aliphatic imine (C=N–C) groups is 1. The van der Waals surface area contributed by atoms with Crippen LogP contribution in [0.2, 0.25) is 0 Å². The summed E-state index contributed by atoms with van der Waals surface area (Å²) in [4.78, 5) is 12.1. The van der Waals surface area contributed by atoms with Gasteiger partial charge in [-0.15, -0.1) is 0 Å². The zero-order valence-electron chi connectivity index (χ0n) is 15.9. The predicted molar refractivity (Wildman–Crippen MR) is 111 cm³/mol. The summed E-state index contributed by atoms with van der Waals surface area (Å²) in [5.41, 5.74) is 3.74. The van der Waals surface area contributed by atoms with E-state index in [0.29, 0.717) is 15.9 Å². The highest BCUT2D eigenvalue weighted by Gasteiger charge is 2.21. The largest absolute Gasteiger partial charge is 0.352 e. The number of anilines is 1. The number of benzene rings is 1. The van der Waals surface area contributed by atoms with Gasteiger partial charge in [-0.3, -0.25) is 4.99 Å². The molecule has 1 aliphatic rings. The highest BCUT2D eigenvalue weighted by atomic mass is 79.9. The maximum atomic E-state index is 14.1. The molecule has 1 N–H and O–H groups in total. The van der Waals surface area contributed by atoms with Crippen molar-refractivity contribution in [3.05, 3.63) is 28.0 Å². The number of piperazine rings is 1. The second-order valence-electron chi connectivity index (χ2n) is 6.99. The number of hydrogen-bond acceptors (Lipinski definition) is 4. The first-order chi connectivity index (χ1) is 12.4. The van der Waals surface area contributed by atoms with E-state index in [1.165, 1.54) is 6.07 Å². The highest BCUT2D eigenvalue weighted by molar-refractivity contribution is 9.10. The lowest BCUT2D eigenvalue weighted by Crippen LogP contribution is -2.44. The van der Waals surface area contributed by atoms with Crippen molar-refractivity contribution in [1.29, 1.82) is 0 Å². The monoisotopic (exact) mass is 420 g/mol. The third-order valence-electron chi connectivity index (χ3n) is 5.27. The van der Waals surface area contributed by atoms with Gasteiger partial charge in [0.1, 0.15) is 11.5 Å². The van der Waals surface area contributed by atoms with E-state index in [4.69, 9.17) is 9.98 Å². The van der Waals surface area contributed by atoms with E-state index in [9.17, 15) is 4.39 Å². The minimum absolute atomic E-state index is 0.289. The summed E-state index contributed by atoms with van der Waals surface area (Å²) in [6.07, 6.45) is 1.05. The summed E-state index contributed by atoms with van der Waals surface area (Å²) < 4.78 is 14.5. The van der Waals surface area contributed by atoms with E-state index in [-0.39, 0.29) is 5.82 Å². The van der Waals surface area contributed by atoms with Crippen LogP contribution < -0.4 is 10.2 Å². The molecule has 0 saturated carbocycles. The van der Waals surface area contributed by atoms with Gasteiger partial charge in [-0.25, -0.2) is 9.37 Å². The third kappa shape index (κ3) is 3.76. The van der Waals surface area contributed by atoms with Gasteiger partial charge in [-0.2, -0.15) is 0 Å². The number of halogens is 2. The summed E-state index contributed by atoms with van der Waals surface area (Å²) in [6, 6.07) is 3.32. The summed E-state index contributed by atoms with van der Waals surface area (Å²) in [5, 5.41) is 4.31. The van der Waals surface area contributed by atoms with Crippen LogP contribution in [0.3, 0.4) is 0 Å². The number of aryl methyl sites for hydroxylation is 1. The zero-order chi connectivity index (χ0) is 18.8. The van der Waals surface area contributed by atoms with E-state index in [1.807, 2.05) is 6.07 Å². The quantitative estimate of drug-likeness (QED) is 0.707. The number of fused-ring (bicyclic) bond motifs is 1. The summed E-state index contributed by atoms with van der Waals surface area (Å²) >= 11 is 3.30. The normalized spacial score (nSPS) is 17.0. The molecule has 140 valence electrons. The fourth-order valence-electron chi connectivity index (χ4n) is 3.20. The fourth-order valence-corrected chi connectivity index (χ4v) is 3.55. The maximum Gasteiger partial charge on any atom is 0.155 e. The second-order valence-corrected chi connectivity index (χ2v) is 7.85. The zero-order valence-corrected chi connectivity index (χ0v) is 17.5. The number of pyridine rings is 1. The molecule has 1 atom stereocenters. The number of hydrogen-bond donors (Lipinski definition) is 1. The van der Waals surface area contributed by atoms with Crippen molar-refractivity contribution in [3.63, 3.8) is 0 Å². The van der Waals surface area contributed by atoms with Crippen LogP contribution in [-0.4, -0.2) is 36.9 Å². The first-order valence-corrected chi connectivity index (χ1v) is 10.0. The van der Waals surface area contributed by atoms with E-state index in [0.717, 1.165) is 60.8 Å². The minimum atomic E-state index is -0.289. The molecule has 0 amide bonds. The third-order valence-corrected chi connectivity index (χ3v) is 5.87. The molecule has 1 saturated heterocycles. The molecule has 1 aliphatic heterocycles. The van der Waals surface area contributed by atoms with E-state index < -0.39 is 0 Å². The van der Waals surface area contributed by atoms with Gasteiger partial charge in [0.15, 0.2) is 5.82 Å². The van der Waals surface area contributed by atoms with E-state index >= 15 is 0 Å². The molecule has 26 heavy (non-hydrogen) atoms. The van der Waals surface area contributed by atoms with Crippen LogP contribution in [0.5, 0.6) is 0 Å². The van der Waals surface area contributed by atoms with Crippen molar-refractivity contribution in [3.8, 4) is 0 Å². The lowest BCUT2D eigenvalue weighted by atomic mass is 10.0. The second kappa shape index (κ2) is 8.01. The van der Waals surface area contributed by atoms with E-state index in [2.05, 4.69) is 53.8 Å². The molecule has 0 spiro atoms. The van der Waals surface area contributed by atoms with Gasteiger partial charge >= 0.3 is 0 Å². The van der Waals surface area contributed by atoms with Gasteiger partial charge < -0.3 is 10.2 Å². The van der Waals surface area contributed by atoms with Gasteiger partial charge in [-0.1, -0.05) is 13.8 Å². The average molecular weight is 421 g/mol. The fraction of sp³-hybridized carbons (Fsp3) is 0.500. The highest BCUT2D eigenvalue weighted by Crippen LogP contribution is 2.37. The Hall–Kier alpha value is -1.53. The Morgan fingerprint density at radius 3 is 2.73 bits per heavy atom. The molecule has 4 nitrogen and oxygen atoms in total. The van der Waals surface area contributed by atoms with Crippen LogP contribution in [0.4, 0.5) is 15.9 Å². The molecule has 2 aromatic rings. The number of nitrogens with one attached hydrogen (secondary N) is 1. The maximum absolute atomic E-state index is 14.1. The van der Waals surface area contributed by atoms with Crippen molar-refractivity contribution in [2.24, 2.45) is 10.9 Å². The first kappa shape index (κ1) is 19.2. The van der Waals surface area contributed by atoms with Gasteiger partial charge in [0.05, 0.1) is 9.99 Å². The lowest BCUT2D eigenvalue weighted by molar-refractivity contribution is 0.585. The molecule has 1 aromatic heterocycles. The summed E-state index contributed by atoms with van der Waals surface area (Å²) in [7, 11) is 0. The number of nitrogens with zero attached hydrogens (tertiary/aromatic N) is 3. The Labute approximate surface area is 163 Å². The molecule has 0 aliphatic carbocycles. The molecular weight excluding hydrogens is 395 g/mol. The predicted octanol–water partition coefficient (Wildman–Crippen LogP) is 4.99. The topological polar surface area (TPSA) is 40.5 Å². The van der Waals surface area contributed by atoms with Crippen LogP contribution in [0.1, 0.15) is 32.8 Å². The molecule has 1 aromatic carbocycles. The minimum Gasteiger partial charge on any atom is -0.352 e. The molecular formula is C20H26BrFN4. The summed E-state index contributed by atoms with van der Waals surface area (Å²) in [6.45, 7) is 12.1. The van der Waals surface area contributed by atoms with Crippen LogP contribution in [0.15, 0.2) is 21.6 Å². The van der Waals surface area contributed by atoms with Crippen molar-refractivity contribution < 1.29 is 4.39 Å². The Kier molecular flexibility index (Phi) is 5.92. The number of aromatic nitrogens is 1. The Morgan fingerprint density at radius 1 is 1.38 bits per heavy atom. The lowest BCUT2D eigenvalue weighted by Gasteiger charge is -2.30. The molecule has 2 heterocycles. The van der Waals surface area contributed by atoms with Gasteiger partial charge in [0.2, 0.25) is 0 Å². The van der Waals surface area contributed by atoms with E-state index in [1.54, 1.807) is 0 Å². The SMILES string of the molecule is CCC(C)C(C)=Nc1c(N2CCNCC2)nc2cc(F)c(Br)cc2c1C. The molecule has 3 rings (SSSR count). The van der Waals surface area contributed by atoms with Crippen LogP contribution in [0, 0.1) is 18.7 Å².